The van der Waals surface area contributed by atoms with Crippen LogP contribution < -0.4 is 14.8 Å². The number of aryl methyl sites for hydroxylation is 3. The first-order chi connectivity index (χ1) is 16.7. The van der Waals surface area contributed by atoms with Crippen LogP contribution >= 0.6 is 0 Å². The molecule has 2 unspecified atom stereocenters. The van der Waals surface area contributed by atoms with Gasteiger partial charge < -0.3 is 19.9 Å². The average Bonchev–Trinajstić information content (AvgIpc) is 2.80. The van der Waals surface area contributed by atoms with Gasteiger partial charge in [0.25, 0.3) is 0 Å². The molecule has 35 heavy (non-hydrogen) atoms. The minimum atomic E-state index is -0.151. The molecule has 5 nitrogen and oxygen atoms in total. The molecule has 2 aromatic rings. The van der Waals surface area contributed by atoms with Crippen molar-refractivity contribution in [2.45, 2.75) is 92.3 Å². The van der Waals surface area contributed by atoms with Crippen molar-refractivity contribution < 1.29 is 19.4 Å². The molecule has 0 saturated carbocycles. The number of phenolic OH excluding ortho intramolecular Hbond substituents is 1. The maximum atomic E-state index is 12.4. The van der Waals surface area contributed by atoms with E-state index in [-0.39, 0.29) is 23.9 Å². The van der Waals surface area contributed by atoms with Crippen LogP contribution in [0.25, 0.3) is 6.08 Å². The fourth-order valence-corrected chi connectivity index (χ4v) is 3.94. The van der Waals surface area contributed by atoms with E-state index in [0.717, 1.165) is 44.1 Å². The quantitative estimate of drug-likeness (QED) is 0.227. The summed E-state index contributed by atoms with van der Waals surface area (Å²) in [5.74, 6) is 0.604. The van der Waals surface area contributed by atoms with Crippen LogP contribution in [0, 0.1) is 13.8 Å². The van der Waals surface area contributed by atoms with Gasteiger partial charge in [-0.05, 0) is 93.8 Å². The Morgan fingerprint density at radius 1 is 0.971 bits per heavy atom. The number of phenols is 1. The van der Waals surface area contributed by atoms with Crippen LogP contribution in [0.15, 0.2) is 36.4 Å². The molecule has 0 heterocycles. The normalized spacial score (nSPS) is 13.0. The minimum absolute atomic E-state index is 0.00356. The van der Waals surface area contributed by atoms with Gasteiger partial charge in [0.1, 0.15) is 0 Å². The molecule has 0 fully saturated rings. The van der Waals surface area contributed by atoms with Crippen LogP contribution in [0.3, 0.4) is 0 Å². The van der Waals surface area contributed by atoms with Gasteiger partial charge in [0.2, 0.25) is 11.7 Å². The Morgan fingerprint density at radius 3 is 2.11 bits per heavy atom. The highest BCUT2D eigenvalue weighted by atomic mass is 16.5. The van der Waals surface area contributed by atoms with E-state index in [9.17, 15) is 9.90 Å². The lowest BCUT2D eigenvalue weighted by Crippen LogP contribution is -2.22. The summed E-state index contributed by atoms with van der Waals surface area (Å²) < 4.78 is 12.0. The first kappa shape index (κ1) is 28.3. The Bertz CT molecular complexity index is 947. The standard InChI is InChI=1S/C30H43NO4/c1-7-10-23(5)34-27-19-26(20-28(30(27)33)35-24(6)11-8-2)15-16-29(32)31-17-9-12-25-14-13-21(3)22(4)18-25/h13-16,18-20,23-24,33H,7-12,17H2,1-6H3,(H,31,32)/b16-15+. The van der Waals surface area contributed by atoms with Gasteiger partial charge in [-0.2, -0.15) is 0 Å². The van der Waals surface area contributed by atoms with Crippen LogP contribution in [-0.2, 0) is 11.2 Å². The van der Waals surface area contributed by atoms with Gasteiger partial charge in [-0.1, -0.05) is 44.9 Å². The van der Waals surface area contributed by atoms with E-state index in [1.54, 1.807) is 18.2 Å². The van der Waals surface area contributed by atoms with Gasteiger partial charge >= 0.3 is 0 Å². The van der Waals surface area contributed by atoms with Crippen molar-refractivity contribution >= 4 is 12.0 Å². The molecule has 0 aliphatic heterocycles. The van der Waals surface area contributed by atoms with Crippen LogP contribution in [-0.4, -0.2) is 29.8 Å². The summed E-state index contributed by atoms with van der Waals surface area (Å²) in [6, 6.07) is 10.0. The molecule has 0 spiro atoms. The van der Waals surface area contributed by atoms with Gasteiger partial charge in [-0.3, -0.25) is 4.79 Å². The van der Waals surface area contributed by atoms with E-state index in [0.29, 0.717) is 18.0 Å². The van der Waals surface area contributed by atoms with E-state index < -0.39 is 0 Å². The molecule has 0 aliphatic rings. The van der Waals surface area contributed by atoms with Crippen molar-refractivity contribution in [2.75, 3.05) is 6.54 Å². The SMILES string of the molecule is CCCC(C)Oc1cc(/C=C/C(=O)NCCCc2ccc(C)c(C)c2)cc(OC(C)CCC)c1O. The monoisotopic (exact) mass is 481 g/mol. The molecule has 2 aromatic carbocycles. The third-order valence-corrected chi connectivity index (χ3v) is 6.05. The maximum Gasteiger partial charge on any atom is 0.243 e. The number of benzene rings is 2. The van der Waals surface area contributed by atoms with Crippen LogP contribution in [0.2, 0.25) is 0 Å². The molecule has 0 aromatic heterocycles. The van der Waals surface area contributed by atoms with E-state index in [4.69, 9.17) is 9.47 Å². The molecule has 2 atom stereocenters. The zero-order chi connectivity index (χ0) is 25.8. The number of hydrogen-bond acceptors (Lipinski definition) is 4. The van der Waals surface area contributed by atoms with E-state index >= 15 is 0 Å². The summed E-state index contributed by atoms with van der Waals surface area (Å²) in [5.41, 5.74) is 4.62. The average molecular weight is 482 g/mol. The zero-order valence-electron chi connectivity index (χ0n) is 22.3. The highest BCUT2D eigenvalue weighted by Crippen LogP contribution is 2.39. The summed E-state index contributed by atoms with van der Waals surface area (Å²) in [5, 5.41) is 13.7. The van der Waals surface area contributed by atoms with Crippen molar-refractivity contribution in [3.8, 4) is 17.2 Å². The Hall–Kier alpha value is -2.95. The van der Waals surface area contributed by atoms with Crippen molar-refractivity contribution in [3.05, 3.63) is 58.7 Å². The van der Waals surface area contributed by atoms with E-state index in [2.05, 4.69) is 51.2 Å². The van der Waals surface area contributed by atoms with Crippen LogP contribution in [0.5, 0.6) is 17.2 Å². The predicted molar refractivity (Wildman–Crippen MR) is 144 cm³/mol. The van der Waals surface area contributed by atoms with Gasteiger partial charge in [-0.15, -0.1) is 0 Å². The number of nitrogens with one attached hydrogen (secondary N) is 1. The number of ether oxygens (including phenoxy) is 2. The second-order valence-electron chi connectivity index (χ2n) is 9.45. The van der Waals surface area contributed by atoms with Crippen molar-refractivity contribution in [1.29, 1.82) is 0 Å². The summed E-state index contributed by atoms with van der Waals surface area (Å²) in [4.78, 5) is 12.4. The molecular weight excluding hydrogens is 438 g/mol. The molecule has 0 saturated heterocycles. The molecule has 1 amide bonds. The summed E-state index contributed by atoms with van der Waals surface area (Å²) in [6.45, 7) is 13.0. The highest BCUT2D eigenvalue weighted by Gasteiger charge is 2.16. The summed E-state index contributed by atoms with van der Waals surface area (Å²) in [7, 11) is 0. The smallest absolute Gasteiger partial charge is 0.243 e. The lowest BCUT2D eigenvalue weighted by molar-refractivity contribution is -0.116. The minimum Gasteiger partial charge on any atom is -0.502 e. The molecular formula is C30H43NO4. The van der Waals surface area contributed by atoms with Crippen molar-refractivity contribution in [2.24, 2.45) is 0 Å². The lowest BCUT2D eigenvalue weighted by atomic mass is 10.0. The maximum absolute atomic E-state index is 12.4. The van der Waals surface area contributed by atoms with E-state index in [1.165, 1.54) is 22.8 Å². The topological polar surface area (TPSA) is 67.8 Å². The first-order valence-corrected chi connectivity index (χ1v) is 13.0. The molecule has 192 valence electrons. The van der Waals surface area contributed by atoms with Gasteiger partial charge in [0.15, 0.2) is 11.5 Å². The van der Waals surface area contributed by atoms with Crippen LogP contribution in [0.4, 0.5) is 0 Å². The van der Waals surface area contributed by atoms with Crippen LogP contribution in [0.1, 0.15) is 82.1 Å². The molecule has 2 N–H and O–H groups in total. The number of amides is 1. The molecule has 0 bridgehead atoms. The zero-order valence-corrected chi connectivity index (χ0v) is 22.3. The highest BCUT2D eigenvalue weighted by molar-refractivity contribution is 5.91. The summed E-state index contributed by atoms with van der Waals surface area (Å²) in [6.07, 6.45) is 8.72. The van der Waals surface area contributed by atoms with Gasteiger partial charge in [0.05, 0.1) is 12.2 Å². The Balaban J connectivity index is 2.02. The first-order valence-electron chi connectivity index (χ1n) is 13.0. The number of carbonyl (C=O) groups excluding carboxylic acids is 1. The predicted octanol–water partition coefficient (Wildman–Crippen LogP) is 6.91. The van der Waals surface area contributed by atoms with Gasteiger partial charge in [-0.25, -0.2) is 0 Å². The second kappa shape index (κ2) is 14.4. The number of aromatic hydroxyl groups is 1. The molecule has 0 aliphatic carbocycles. The third kappa shape index (κ3) is 9.67. The van der Waals surface area contributed by atoms with E-state index in [1.807, 2.05) is 13.8 Å². The fourth-order valence-electron chi connectivity index (χ4n) is 3.94. The Labute approximate surface area is 211 Å². The van der Waals surface area contributed by atoms with Crippen molar-refractivity contribution in [3.63, 3.8) is 0 Å². The molecule has 5 heteroatoms. The van der Waals surface area contributed by atoms with Gasteiger partial charge in [0, 0.05) is 12.6 Å². The third-order valence-electron chi connectivity index (χ3n) is 6.05. The van der Waals surface area contributed by atoms with Crippen molar-refractivity contribution in [1.82, 2.24) is 5.32 Å². The summed E-state index contributed by atoms with van der Waals surface area (Å²) >= 11 is 0. The fraction of sp³-hybridized carbons (Fsp3) is 0.500. The Morgan fingerprint density at radius 2 is 1.57 bits per heavy atom. The number of hydrogen-bond donors (Lipinski definition) is 2. The largest absolute Gasteiger partial charge is 0.502 e. The molecule has 0 radical (unpaired) electrons. The number of rotatable bonds is 14. The number of carbonyl (C=O) groups is 1. The Kier molecular flexibility index (Phi) is 11.7. The lowest BCUT2D eigenvalue weighted by Gasteiger charge is -2.20. The second-order valence-corrected chi connectivity index (χ2v) is 9.45. The molecule has 2 rings (SSSR count).